The van der Waals surface area contributed by atoms with E-state index in [1.165, 1.54) is 5.56 Å². The van der Waals surface area contributed by atoms with Gasteiger partial charge in [0.2, 0.25) is 0 Å². The van der Waals surface area contributed by atoms with Gasteiger partial charge in [-0.25, -0.2) is 0 Å². The number of benzene rings is 1. The third-order valence-corrected chi connectivity index (χ3v) is 3.47. The molecule has 0 aromatic heterocycles. The first-order valence-electron chi connectivity index (χ1n) is 7.55. The van der Waals surface area contributed by atoms with Crippen molar-refractivity contribution in [3.8, 4) is 5.75 Å². The summed E-state index contributed by atoms with van der Waals surface area (Å²) >= 11 is 0. The molecule has 0 saturated heterocycles. The summed E-state index contributed by atoms with van der Waals surface area (Å²) < 4.78 is 11.2. The molecule has 1 aromatic carbocycles. The normalized spacial score (nSPS) is 14.3. The van der Waals surface area contributed by atoms with Gasteiger partial charge in [0.1, 0.15) is 11.9 Å². The topological polar surface area (TPSA) is 30.5 Å². The van der Waals surface area contributed by atoms with Crippen molar-refractivity contribution in [3.05, 3.63) is 29.8 Å². The van der Waals surface area contributed by atoms with Crippen molar-refractivity contribution in [1.82, 2.24) is 5.32 Å². The molecule has 2 atom stereocenters. The molecule has 2 unspecified atom stereocenters. The molecule has 3 nitrogen and oxygen atoms in total. The molecule has 0 radical (unpaired) electrons. The van der Waals surface area contributed by atoms with Crippen LogP contribution in [0.2, 0.25) is 0 Å². The Labute approximate surface area is 123 Å². The minimum atomic E-state index is 0.0387. The molecule has 0 fully saturated rings. The summed E-state index contributed by atoms with van der Waals surface area (Å²) in [4.78, 5) is 0. The Hall–Kier alpha value is -1.06. The van der Waals surface area contributed by atoms with Gasteiger partial charge in [-0.2, -0.15) is 0 Å². The summed E-state index contributed by atoms with van der Waals surface area (Å²) in [6.07, 6.45) is 1.20. The maximum absolute atomic E-state index is 5.99. The van der Waals surface area contributed by atoms with E-state index in [9.17, 15) is 0 Å². The molecule has 0 heterocycles. The van der Waals surface area contributed by atoms with Crippen LogP contribution < -0.4 is 10.1 Å². The number of hydrogen-bond acceptors (Lipinski definition) is 3. The van der Waals surface area contributed by atoms with Gasteiger partial charge in [0.05, 0.1) is 6.61 Å². The van der Waals surface area contributed by atoms with Crippen molar-refractivity contribution in [2.75, 3.05) is 20.3 Å². The maximum Gasteiger partial charge on any atom is 0.134 e. The molecule has 0 aliphatic rings. The average molecular weight is 279 g/mol. The Bertz CT molecular complexity index is 362. The van der Waals surface area contributed by atoms with Crippen molar-refractivity contribution in [1.29, 1.82) is 0 Å². The number of hydrogen-bond donors (Lipinski definition) is 1. The van der Waals surface area contributed by atoms with E-state index in [2.05, 4.69) is 57.3 Å². The lowest BCUT2D eigenvalue weighted by atomic mass is 9.99. The lowest BCUT2D eigenvalue weighted by Crippen LogP contribution is -2.38. The minimum Gasteiger partial charge on any atom is -0.487 e. The second-order valence-electron chi connectivity index (χ2n) is 5.64. The van der Waals surface area contributed by atoms with E-state index in [1.807, 2.05) is 0 Å². The van der Waals surface area contributed by atoms with Gasteiger partial charge >= 0.3 is 0 Å². The van der Waals surface area contributed by atoms with Crippen molar-refractivity contribution in [2.24, 2.45) is 0 Å². The van der Waals surface area contributed by atoms with Gasteiger partial charge in [0, 0.05) is 19.7 Å². The van der Waals surface area contributed by atoms with Gasteiger partial charge in [-0.1, -0.05) is 39.8 Å². The van der Waals surface area contributed by atoms with Crippen molar-refractivity contribution >= 4 is 0 Å². The first-order chi connectivity index (χ1) is 9.56. The number of methoxy groups -OCH3 is 1. The molecule has 3 heteroatoms. The standard InChI is InChI=1S/C17H29NO2/c1-6-14(4)15-7-9-16(10-8-15)20-17(12-19-5)11-18-13(2)3/h7-10,13-14,17-18H,6,11-12H2,1-5H3. The van der Waals surface area contributed by atoms with E-state index in [4.69, 9.17) is 9.47 Å². The third-order valence-electron chi connectivity index (χ3n) is 3.47. The highest BCUT2D eigenvalue weighted by Gasteiger charge is 2.11. The van der Waals surface area contributed by atoms with Crippen LogP contribution in [0.25, 0.3) is 0 Å². The summed E-state index contributed by atoms with van der Waals surface area (Å²) in [6.45, 7) is 10.1. The van der Waals surface area contributed by atoms with Gasteiger partial charge < -0.3 is 14.8 Å². The largest absolute Gasteiger partial charge is 0.487 e. The fraction of sp³-hybridized carbons (Fsp3) is 0.647. The van der Waals surface area contributed by atoms with Crippen LogP contribution in [-0.2, 0) is 4.74 Å². The Morgan fingerprint density at radius 3 is 2.25 bits per heavy atom. The Kier molecular flexibility index (Phi) is 7.63. The minimum absolute atomic E-state index is 0.0387. The van der Waals surface area contributed by atoms with Gasteiger partial charge in [0.25, 0.3) is 0 Å². The van der Waals surface area contributed by atoms with Crippen LogP contribution in [0, 0.1) is 0 Å². The van der Waals surface area contributed by atoms with Crippen LogP contribution in [0.15, 0.2) is 24.3 Å². The van der Waals surface area contributed by atoms with E-state index in [1.54, 1.807) is 7.11 Å². The van der Waals surface area contributed by atoms with E-state index < -0.39 is 0 Å². The zero-order valence-electron chi connectivity index (χ0n) is 13.5. The van der Waals surface area contributed by atoms with E-state index in [-0.39, 0.29) is 6.10 Å². The average Bonchev–Trinajstić information content (AvgIpc) is 2.45. The quantitative estimate of drug-likeness (QED) is 0.749. The molecular weight excluding hydrogens is 250 g/mol. The van der Waals surface area contributed by atoms with Gasteiger partial charge in [0.15, 0.2) is 0 Å². The Morgan fingerprint density at radius 1 is 1.10 bits per heavy atom. The first-order valence-corrected chi connectivity index (χ1v) is 7.55. The first kappa shape index (κ1) is 17.0. The fourth-order valence-corrected chi connectivity index (χ4v) is 1.99. The van der Waals surface area contributed by atoms with E-state index in [0.29, 0.717) is 18.6 Å². The van der Waals surface area contributed by atoms with E-state index >= 15 is 0 Å². The summed E-state index contributed by atoms with van der Waals surface area (Å²) in [5, 5.41) is 3.38. The second kappa shape index (κ2) is 8.98. The Balaban J connectivity index is 2.59. The predicted octanol–water partition coefficient (Wildman–Crippen LogP) is 3.59. The zero-order chi connectivity index (χ0) is 15.0. The molecule has 0 aliphatic heterocycles. The third kappa shape index (κ3) is 5.93. The molecule has 20 heavy (non-hydrogen) atoms. The fourth-order valence-electron chi connectivity index (χ4n) is 1.99. The highest BCUT2D eigenvalue weighted by molar-refractivity contribution is 5.29. The lowest BCUT2D eigenvalue weighted by molar-refractivity contribution is 0.0794. The molecule has 0 spiro atoms. The zero-order valence-corrected chi connectivity index (χ0v) is 13.5. The van der Waals surface area contributed by atoms with Gasteiger partial charge in [-0.3, -0.25) is 0 Å². The monoisotopic (exact) mass is 279 g/mol. The number of nitrogens with one attached hydrogen (secondary N) is 1. The van der Waals surface area contributed by atoms with Crippen molar-refractivity contribution in [3.63, 3.8) is 0 Å². The molecule has 1 aromatic rings. The van der Waals surface area contributed by atoms with Crippen LogP contribution in [0.1, 0.15) is 45.6 Å². The van der Waals surface area contributed by atoms with Gasteiger partial charge in [-0.05, 0) is 30.0 Å². The number of rotatable bonds is 9. The van der Waals surface area contributed by atoms with Crippen LogP contribution in [0.4, 0.5) is 0 Å². The van der Waals surface area contributed by atoms with Crippen LogP contribution in [0.5, 0.6) is 5.75 Å². The van der Waals surface area contributed by atoms with Gasteiger partial charge in [-0.15, -0.1) is 0 Å². The lowest BCUT2D eigenvalue weighted by Gasteiger charge is -2.20. The molecule has 1 rings (SSSR count). The summed E-state index contributed by atoms with van der Waals surface area (Å²) in [5.41, 5.74) is 1.36. The summed E-state index contributed by atoms with van der Waals surface area (Å²) in [5.74, 6) is 1.51. The molecule has 0 bridgehead atoms. The predicted molar refractivity (Wildman–Crippen MR) is 84.6 cm³/mol. The molecule has 0 saturated carbocycles. The van der Waals surface area contributed by atoms with E-state index in [0.717, 1.165) is 18.7 Å². The second-order valence-corrected chi connectivity index (χ2v) is 5.64. The van der Waals surface area contributed by atoms with Crippen molar-refractivity contribution in [2.45, 2.75) is 52.2 Å². The van der Waals surface area contributed by atoms with Crippen molar-refractivity contribution < 1.29 is 9.47 Å². The maximum atomic E-state index is 5.99. The SMILES string of the molecule is CCC(C)c1ccc(OC(CNC(C)C)COC)cc1. The van der Waals surface area contributed by atoms with Crippen LogP contribution in [-0.4, -0.2) is 32.4 Å². The molecule has 0 aliphatic carbocycles. The van der Waals surface area contributed by atoms with Crippen LogP contribution >= 0.6 is 0 Å². The highest BCUT2D eigenvalue weighted by Crippen LogP contribution is 2.22. The number of ether oxygens (including phenoxy) is 2. The highest BCUT2D eigenvalue weighted by atomic mass is 16.5. The summed E-state index contributed by atoms with van der Waals surface area (Å²) in [6, 6.07) is 8.87. The molecule has 0 amide bonds. The Morgan fingerprint density at radius 2 is 1.75 bits per heavy atom. The molecule has 114 valence electrons. The molecular formula is C17H29NO2. The summed E-state index contributed by atoms with van der Waals surface area (Å²) in [7, 11) is 1.71. The van der Waals surface area contributed by atoms with Crippen LogP contribution in [0.3, 0.4) is 0 Å². The molecule has 1 N–H and O–H groups in total. The smallest absolute Gasteiger partial charge is 0.134 e.